The Morgan fingerprint density at radius 2 is 2.06 bits per heavy atom. The van der Waals surface area contributed by atoms with Crippen molar-refractivity contribution in [2.45, 2.75) is 26.3 Å². The lowest BCUT2D eigenvalue weighted by atomic mass is 10.0. The maximum absolute atomic E-state index is 11.3. The normalized spacial score (nSPS) is 19.5. The maximum Gasteiger partial charge on any atom is 0.221 e. The maximum atomic E-state index is 11.3. The van der Waals surface area contributed by atoms with Gasteiger partial charge in [-0.05, 0) is 25.0 Å². The molecule has 1 aliphatic rings. The van der Waals surface area contributed by atoms with E-state index in [1.807, 2.05) is 0 Å². The number of hydrogen-bond acceptors (Lipinski definition) is 2. The highest BCUT2D eigenvalue weighted by atomic mass is 16.1. The molecule has 92 valence electrons. The van der Waals surface area contributed by atoms with Gasteiger partial charge >= 0.3 is 0 Å². The second-order valence-corrected chi connectivity index (χ2v) is 4.67. The largest absolute Gasteiger partial charge is 0.355 e. The summed E-state index contributed by atoms with van der Waals surface area (Å²) in [6.45, 7) is 6.91. The fourth-order valence-electron chi connectivity index (χ4n) is 2.42. The van der Waals surface area contributed by atoms with Crippen LogP contribution in [-0.2, 0) is 4.79 Å². The van der Waals surface area contributed by atoms with E-state index < -0.39 is 0 Å². The van der Waals surface area contributed by atoms with Crippen molar-refractivity contribution >= 4 is 5.91 Å². The SMILES string of the molecule is Cc1ccccc1C(C)N1CCNC(=O)CC1. The summed E-state index contributed by atoms with van der Waals surface area (Å²) in [5.74, 6) is 0.171. The van der Waals surface area contributed by atoms with Gasteiger partial charge in [-0.1, -0.05) is 24.3 Å². The van der Waals surface area contributed by atoms with Crippen molar-refractivity contribution in [2.75, 3.05) is 19.6 Å². The van der Waals surface area contributed by atoms with Gasteiger partial charge in [-0.15, -0.1) is 0 Å². The van der Waals surface area contributed by atoms with Gasteiger partial charge < -0.3 is 5.32 Å². The minimum atomic E-state index is 0.171. The van der Waals surface area contributed by atoms with Crippen molar-refractivity contribution in [1.82, 2.24) is 10.2 Å². The number of amides is 1. The lowest BCUT2D eigenvalue weighted by Gasteiger charge is -2.28. The Bertz CT molecular complexity index is 403. The van der Waals surface area contributed by atoms with Gasteiger partial charge in [0, 0.05) is 32.1 Å². The van der Waals surface area contributed by atoms with Crippen LogP contribution in [0.1, 0.15) is 30.5 Å². The van der Waals surface area contributed by atoms with E-state index in [2.05, 4.69) is 48.3 Å². The number of hydrogen-bond donors (Lipinski definition) is 1. The summed E-state index contributed by atoms with van der Waals surface area (Å²) in [4.78, 5) is 13.7. The number of carbonyl (C=O) groups excluding carboxylic acids is 1. The van der Waals surface area contributed by atoms with Gasteiger partial charge in [-0.2, -0.15) is 0 Å². The van der Waals surface area contributed by atoms with Crippen LogP contribution in [0.4, 0.5) is 0 Å². The molecule has 17 heavy (non-hydrogen) atoms. The van der Waals surface area contributed by atoms with Gasteiger partial charge in [0.25, 0.3) is 0 Å². The zero-order valence-corrected chi connectivity index (χ0v) is 10.6. The summed E-state index contributed by atoms with van der Waals surface area (Å²) in [5, 5.41) is 2.91. The Balaban J connectivity index is 2.11. The molecule has 1 unspecified atom stereocenters. The summed E-state index contributed by atoms with van der Waals surface area (Å²) in [5.41, 5.74) is 2.69. The van der Waals surface area contributed by atoms with Crippen LogP contribution in [0.5, 0.6) is 0 Å². The Kier molecular flexibility index (Phi) is 3.79. The van der Waals surface area contributed by atoms with E-state index in [1.165, 1.54) is 11.1 Å². The van der Waals surface area contributed by atoms with Gasteiger partial charge in [0.15, 0.2) is 0 Å². The smallest absolute Gasteiger partial charge is 0.221 e. The first-order valence-corrected chi connectivity index (χ1v) is 6.25. The van der Waals surface area contributed by atoms with Crippen molar-refractivity contribution < 1.29 is 4.79 Å². The highest BCUT2D eigenvalue weighted by Gasteiger charge is 2.20. The lowest BCUT2D eigenvalue weighted by molar-refractivity contribution is -0.120. The molecule has 1 aliphatic heterocycles. The Morgan fingerprint density at radius 3 is 2.82 bits per heavy atom. The first-order valence-electron chi connectivity index (χ1n) is 6.25. The summed E-state index contributed by atoms with van der Waals surface area (Å²) in [6, 6.07) is 8.86. The number of aryl methyl sites for hydroxylation is 1. The first-order chi connectivity index (χ1) is 8.18. The molecular formula is C14H20N2O. The van der Waals surface area contributed by atoms with E-state index in [0.29, 0.717) is 12.5 Å². The molecule has 1 saturated heterocycles. The van der Waals surface area contributed by atoms with E-state index >= 15 is 0 Å². The van der Waals surface area contributed by atoms with E-state index in [1.54, 1.807) is 0 Å². The average Bonchev–Trinajstić information content (AvgIpc) is 2.54. The molecular weight excluding hydrogens is 212 g/mol. The molecule has 1 aromatic rings. The zero-order chi connectivity index (χ0) is 12.3. The minimum absolute atomic E-state index is 0.171. The van der Waals surface area contributed by atoms with Crippen LogP contribution < -0.4 is 5.32 Å². The molecule has 0 spiro atoms. The minimum Gasteiger partial charge on any atom is -0.355 e. The predicted molar refractivity (Wildman–Crippen MR) is 68.8 cm³/mol. The average molecular weight is 232 g/mol. The third kappa shape index (κ3) is 2.86. The standard InChI is InChI=1S/C14H20N2O/c1-11-5-3-4-6-13(11)12(2)16-9-7-14(17)15-8-10-16/h3-6,12H,7-10H2,1-2H3,(H,15,17). The van der Waals surface area contributed by atoms with Crippen LogP contribution in [0, 0.1) is 6.92 Å². The van der Waals surface area contributed by atoms with E-state index in [0.717, 1.165) is 19.6 Å². The zero-order valence-electron chi connectivity index (χ0n) is 10.6. The summed E-state index contributed by atoms with van der Waals surface area (Å²) >= 11 is 0. The molecule has 1 N–H and O–H groups in total. The van der Waals surface area contributed by atoms with Crippen molar-refractivity contribution in [1.29, 1.82) is 0 Å². The molecule has 0 radical (unpaired) electrons. The second-order valence-electron chi connectivity index (χ2n) is 4.67. The molecule has 1 heterocycles. The van der Waals surface area contributed by atoms with Crippen LogP contribution in [0.15, 0.2) is 24.3 Å². The van der Waals surface area contributed by atoms with Gasteiger partial charge in [-0.3, -0.25) is 9.69 Å². The van der Waals surface area contributed by atoms with E-state index in [9.17, 15) is 4.79 Å². The summed E-state index contributed by atoms with van der Waals surface area (Å²) in [7, 11) is 0. The molecule has 1 amide bonds. The van der Waals surface area contributed by atoms with Crippen LogP contribution >= 0.6 is 0 Å². The molecule has 1 aromatic carbocycles. The van der Waals surface area contributed by atoms with Gasteiger partial charge in [0.1, 0.15) is 0 Å². The number of rotatable bonds is 2. The van der Waals surface area contributed by atoms with Crippen molar-refractivity contribution in [2.24, 2.45) is 0 Å². The van der Waals surface area contributed by atoms with Gasteiger partial charge in [-0.25, -0.2) is 0 Å². The molecule has 1 fully saturated rings. The Labute approximate surface area is 103 Å². The third-order valence-corrected chi connectivity index (χ3v) is 3.53. The van der Waals surface area contributed by atoms with E-state index in [-0.39, 0.29) is 5.91 Å². The van der Waals surface area contributed by atoms with Crippen molar-refractivity contribution in [3.8, 4) is 0 Å². The van der Waals surface area contributed by atoms with E-state index in [4.69, 9.17) is 0 Å². The van der Waals surface area contributed by atoms with Crippen molar-refractivity contribution in [3.63, 3.8) is 0 Å². The summed E-state index contributed by atoms with van der Waals surface area (Å²) in [6.07, 6.45) is 0.607. The Hall–Kier alpha value is -1.35. The van der Waals surface area contributed by atoms with Crippen LogP contribution in [0.25, 0.3) is 0 Å². The topological polar surface area (TPSA) is 32.3 Å². The number of carbonyl (C=O) groups is 1. The second kappa shape index (κ2) is 5.32. The molecule has 1 atom stereocenters. The van der Waals surface area contributed by atoms with Gasteiger partial charge in [0.2, 0.25) is 5.91 Å². The third-order valence-electron chi connectivity index (χ3n) is 3.53. The van der Waals surface area contributed by atoms with Crippen LogP contribution in [-0.4, -0.2) is 30.4 Å². The van der Waals surface area contributed by atoms with Crippen LogP contribution in [0.2, 0.25) is 0 Å². The molecule has 2 rings (SSSR count). The number of nitrogens with one attached hydrogen (secondary N) is 1. The molecule has 3 nitrogen and oxygen atoms in total. The first kappa shape index (κ1) is 12.1. The van der Waals surface area contributed by atoms with Crippen LogP contribution in [0.3, 0.4) is 0 Å². The van der Waals surface area contributed by atoms with Gasteiger partial charge in [0.05, 0.1) is 0 Å². The fraction of sp³-hybridized carbons (Fsp3) is 0.500. The highest BCUT2D eigenvalue weighted by molar-refractivity contribution is 5.76. The predicted octanol–water partition coefficient (Wildman–Crippen LogP) is 1.88. The fourth-order valence-corrected chi connectivity index (χ4v) is 2.42. The number of nitrogens with zero attached hydrogens (tertiary/aromatic N) is 1. The highest BCUT2D eigenvalue weighted by Crippen LogP contribution is 2.23. The molecule has 0 bridgehead atoms. The Morgan fingerprint density at radius 1 is 1.29 bits per heavy atom. The quantitative estimate of drug-likeness (QED) is 0.844. The number of benzene rings is 1. The van der Waals surface area contributed by atoms with Crippen molar-refractivity contribution in [3.05, 3.63) is 35.4 Å². The molecule has 3 heteroatoms. The molecule has 0 saturated carbocycles. The monoisotopic (exact) mass is 232 g/mol. The molecule has 0 aromatic heterocycles. The molecule has 0 aliphatic carbocycles. The summed E-state index contributed by atoms with van der Waals surface area (Å²) < 4.78 is 0. The lowest BCUT2D eigenvalue weighted by Crippen LogP contribution is -2.31.